The number of ether oxygens (including phenoxy) is 4. The van der Waals surface area contributed by atoms with Crippen molar-refractivity contribution in [1.29, 1.82) is 0 Å². The van der Waals surface area contributed by atoms with Gasteiger partial charge < -0.3 is 69.0 Å². The van der Waals surface area contributed by atoms with Crippen molar-refractivity contribution >= 4 is 109 Å². The van der Waals surface area contributed by atoms with E-state index in [9.17, 15) is 52.2 Å². The fraction of sp³-hybridized carbons (Fsp3) is 0.357. The summed E-state index contributed by atoms with van der Waals surface area (Å²) in [6.07, 6.45) is 5.09. The van der Waals surface area contributed by atoms with E-state index >= 15 is 0 Å². The summed E-state index contributed by atoms with van der Waals surface area (Å²) in [7, 11) is 0. The molecule has 0 unspecified atom stereocenters. The average molecular weight is 1820 g/mol. The second kappa shape index (κ2) is 44.3. The number of aromatic amines is 1. The Bertz CT molecular complexity index is 6400. The maximum Gasteiger partial charge on any atom is 0.573 e. The highest BCUT2D eigenvalue weighted by atomic mass is 19.4. The van der Waals surface area contributed by atoms with Gasteiger partial charge in [-0.15, -0.1) is 13.2 Å². The van der Waals surface area contributed by atoms with Crippen LogP contribution < -0.4 is 41.8 Å². The maximum absolute atomic E-state index is 13.1. The van der Waals surface area contributed by atoms with E-state index in [1.807, 2.05) is 92.1 Å². The van der Waals surface area contributed by atoms with Gasteiger partial charge in [0.25, 0.3) is 29.5 Å². The number of morpholine rings is 1. The number of nitrogens with one attached hydrogen (secondary N) is 6. The number of rotatable bonds is 25. The number of aromatic nitrogens is 12. The zero-order valence-electron chi connectivity index (χ0n) is 74.0. The Labute approximate surface area is 767 Å². The van der Waals surface area contributed by atoms with E-state index in [4.69, 9.17) is 29.3 Å². The molecule has 35 heteroatoms. The van der Waals surface area contributed by atoms with Crippen LogP contribution in [0.15, 0.2) is 187 Å². The number of hydrogen-bond donors (Lipinski definition) is 9. The summed E-state index contributed by atoms with van der Waals surface area (Å²) in [5.41, 5.74) is 16.6. The van der Waals surface area contributed by atoms with Crippen molar-refractivity contribution in [2.24, 2.45) is 17.1 Å². The molecule has 3 fully saturated rings. The first-order chi connectivity index (χ1) is 62.9. The van der Waals surface area contributed by atoms with Crippen LogP contribution in [0.5, 0.6) is 11.5 Å². The molecule has 0 atom stereocenters. The Morgan fingerprint density at radius 2 is 1.26 bits per heavy atom. The van der Waals surface area contributed by atoms with Gasteiger partial charge >= 0.3 is 12.3 Å². The first kappa shape index (κ1) is 98.0. The highest BCUT2D eigenvalue weighted by molar-refractivity contribution is 6.08. The first-order valence-electron chi connectivity index (χ1n) is 43.6. The molecule has 7 aromatic heterocycles. The lowest BCUT2D eigenvalue weighted by Crippen LogP contribution is -2.38. The highest BCUT2D eigenvalue weighted by Gasteiger charge is 2.34. The van der Waals surface area contributed by atoms with E-state index in [1.54, 1.807) is 123 Å². The number of carbonyl (C=O) groups excluding carboxylic acids is 6. The number of alkyl halides is 3. The number of aliphatic hydroxyl groups is 2. The number of benzene rings is 7. The standard InChI is InChI=1S/C33H35F3N6O3.C23H27N3O4.C21H24N4O2.C19H20N6O4.2CH4/c1-19(2)15-16-37-31(44)21-8-14-28-27(18-21)38-32(42(28)22-9-11-23(43)12-10-22)39-30-25-17-20(7-13-26(25)40-41-30)24-5-3-4-6-29(24)45-33(34,35)36;1-15-7-5-8-16(13-15)20(28)25-22-24-18-14-17(30-21(29)23(2,3)4)9-10-19(18)26(22)11-6-12-27;1-16-5-4-6-17(15-16)20(26)23-21-22-18-7-2-3-8-19(18)25(21)10-9-24-11-13-27-14-12-24;1-11-8-12(2-5-21-11)19-23-15(10-29-19)18(27)22-14-9-25(24-16(14)17(20)26)13-3-6-28-7-4-13;;/h3-8,13-14,17-19,22-23,43H,9-12,15-16H2,1-2H3,(H,37,44)(H2,38,39,40,41);5,7-10,13-14,27H,6,11-12H2,1-4H3,(H,24,25,28);2-8,15H,9-14H2,1H3,(H,22,23,26);2,5,8-10,13H,3-4,6-7H2,1H3,(H2,20,26)(H,22,27);2*1H4. The van der Waals surface area contributed by atoms with Crippen molar-refractivity contribution in [3.63, 3.8) is 0 Å². The molecule has 7 aromatic carbocycles. The molecular formula is C98H114F3N19O13. The Morgan fingerprint density at radius 3 is 1.93 bits per heavy atom. The van der Waals surface area contributed by atoms with Crippen LogP contribution in [0.4, 0.5) is 42.5 Å². The van der Waals surface area contributed by atoms with Gasteiger partial charge in [-0.3, -0.25) is 59.1 Å². The number of oxazole rings is 1. The molecule has 17 rings (SSSR count). The normalized spacial score (nSPS) is 14.7. The predicted octanol–water partition coefficient (Wildman–Crippen LogP) is 17.6. The van der Waals surface area contributed by atoms with Crippen molar-refractivity contribution in [3.05, 3.63) is 227 Å². The number of halogens is 3. The van der Waals surface area contributed by atoms with Crippen LogP contribution in [0.25, 0.3) is 66.6 Å². The monoisotopic (exact) mass is 1820 g/mol. The van der Waals surface area contributed by atoms with Gasteiger partial charge in [0.05, 0.1) is 75.1 Å². The molecule has 5 amide bonds. The first-order valence-corrected chi connectivity index (χ1v) is 43.6. The van der Waals surface area contributed by atoms with E-state index in [0.29, 0.717) is 137 Å². The minimum Gasteiger partial charge on any atom is -0.444 e. The zero-order chi connectivity index (χ0) is 92.6. The number of nitrogens with zero attached hydrogens (tertiary/aromatic N) is 12. The lowest BCUT2D eigenvalue weighted by molar-refractivity contribution is -0.274. The van der Waals surface area contributed by atoms with Crippen molar-refractivity contribution in [3.8, 4) is 34.1 Å². The lowest BCUT2D eigenvalue weighted by atomic mass is 9.93. The van der Waals surface area contributed by atoms with Gasteiger partial charge in [0.15, 0.2) is 17.2 Å². The minimum absolute atomic E-state index is 0. The fourth-order valence-electron chi connectivity index (χ4n) is 15.4. The second-order valence-corrected chi connectivity index (χ2v) is 33.8. The SMILES string of the molecule is C.C.CC(C)CCNC(=O)c1ccc2c(c1)nc(Nc1n[nH]c3ccc(-c4ccccc4OC(F)(F)F)cc13)n2C1CCC(O)CC1.Cc1cc(-c2nc(C(=O)Nc3cn(C4CCOCC4)nc3C(N)=O)co2)ccn1.Cc1cccc(C(=O)Nc2nc3cc(OC(=O)C(C)(C)C)ccc3n2CCCO)c1.Cc1cccc(C(=O)Nc2nc3ccccc3n2CCN2CCOCC2)c1. The van der Waals surface area contributed by atoms with Crippen molar-refractivity contribution in [1.82, 2.24) is 68.8 Å². The smallest absolute Gasteiger partial charge is 0.444 e. The number of anilines is 5. The number of fused-ring (bicyclic) bond motifs is 4. The molecule has 1 saturated carbocycles. The van der Waals surface area contributed by atoms with Crippen LogP contribution >= 0.6 is 0 Å². The molecule has 0 bridgehead atoms. The predicted molar refractivity (Wildman–Crippen MR) is 504 cm³/mol. The van der Waals surface area contributed by atoms with Gasteiger partial charge in [0.2, 0.25) is 23.7 Å². The molecule has 2 saturated heterocycles. The fourth-order valence-corrected chi connectivity index (χ4v) is 15.4. The number of aliphatic hydroxyl groups excluding tert-OH is 2. The Kier molecular flexibility index (Phi) is 32.6. The van der Waals surface area contributed by atoms with E-state index in [0.717, 1.165) is 110 Å². The Hall–Kier alpha value is -14.0. The molecule has 2 aliphatic heterocycles. The summed E-state index contributed by atoms with van der Waals surface area (Å²) in [5, 5.41) is 46.6. The number of para-hydroxylation sites is 3. The quantitative estimate of drug-likeness (QED) is 0.0189. The Balaban J connectivity index is 0.000000163. The number of imidazole rings is 3. The van der Waals surface area contributed by atoms with Gasteiger partial charge in [0, 0.05) is 122 Å². The minimum atomic E-state index is -4.83. The summed E-state index contributed by atoms with van der Waals surface area (Å²) in [6, 6.07) is 48.4. The summed E-state index contributed by atoms with van der Waals surface area (Å²) >= 11 is 0. The van der Waals surface area contributed by atoms with Gasteiger partial charge in [-0.05, 0) is 201 Å². The number of aryl methyl sites for hydroxylation is 4. The zero-order valence-corrected chi connectivity index (χ0v) is 74.0. The molecule has 14 aromatic rings. The van der Waals surface area contributed by atoms with E-state index in [-0.39, 0.29) is 91.7 Å². The van der Waals surface area contributed by atoms with Crippen LogP contribution in [0, 0.1) is 32.1 Å². The Morgan fingerprint density at radius 1 is 0.624 bits per heavy atom. The number of nitrogens with two attached hydrogens (primary N) is 1. The molecule has 700 valence electrons. The third-order valence-electron chi connectivity index (χ3n) is 22.4. The summed E-state index contributed by atoms with van der Waals surface area (Å²) in [5.74, 6) is 0.649. The van der Waals surface area contributed by atoms with Crippen LogP contribution in [0.3, 0.4) is 0 Å². The third-order valence-corrected chi connectivity index (χ3v) is 22.4. The van der Waals surface area contributed by atoms with Crippen molar-refractivity contribution in [2.45, 2.75) is 159 Å². The van der Waals surface area contributed by atoms with Crippen LogP contribution in [-0.2, 0) is 27.4 Å². The molecule has 3 aliphatic rings. The number of hydrogen-bond acceptors (Lipinski definition) is 22. The number of esters is 1. The molecule has 32 nitrogen and oxygen atoms in total. The van der Waals surface area contributed by atoms with Crippen LogP contribution in [0.1, 0.15) is 182 Å². The molecule has 0 radical (unpaired) electrons. The summed E-state index contributed by atoms with van der Waals surface area (Å²) in [4.78, 5) is 99.7. The number of carbonyl (C=O) groups is 6. The van der Waals surface area contributed by atoms with Gasteiger partial charge in [-0.2, -0.15) is 10.2 Å². The topological polar surface area (TPSA) is 408 Å². The number of primary amides is 1. The molecule has 133 heavy (non-hydrogen) atoms. The third kappa shape index (κ3) is 25.2. The number of H-pyrrole nitrogens is 1. The molecule has 1 aliphatic carbocycles. The summed E-state index contributed by atoms with van der Waals surface area (Å²) < 4.78 is 73.0. The highest BCUT2D eigenvalue weighted by Crippen LogP contribution is 2.40. The van der Waals surface area contributed by atoms with Gasteiger partial charge in [-0.25, -0.2) is 19.9 Å². The van der Waals surface area contributed by atoms with Crippen molar-refractivity contribution < 1.29 is 75.5 Å². The van der Waals surface area contributed by atoms with Gasteiger partial charge in [0.1, 0.15) is 17.8 Å². The average Bonchev–Trinajstić information content (AvgIpc) is 1.61. The maximum atomic E-state index is 13.1. The molecule has 9 heterocycles. The van der Waals surface area contributed by atoms with Crippen LogP contribution in [0.2, 0.25) is 0 Å². The largest absolute Gasteiger partial charge is 0.573 e. The van der Waals surface area contributed by atoms with Gasteiger partial charge in [-0.1, -0.05) is 100 Å². The molecular weight excluding hydrogens is 1710 g/mol. The van der Waals surface area contributed by atoms with E-state index in [1.165, 1.54) is 18.4 Å². The van der Waals surface area contributed by atoms with E-state index in [2.05, 4.69) is 94.4 Å². The van der Waals surface area contributed by atoms with Crippen LogP contribution in [-0.4, -0.2) is 181 Å². The molecule has 0 spiro atoms. The second-order valence-electron chi connectivity index (χ2n) is 33.8. The molecule has 10 N–H and O–H groups in total. The van der Waals surface area contributed by atoms with Crippen molar-refractivity contribution in [2.75, 3.05) is 80.5 Å². The summed E-state index contributed by atoms with van der Waals surface area (Å²) in [6.45, 7) is 22.8. The number of pyridine rings is 1. The number of amides is 5. The lowest BCUT2D eigenvalue weighted by Gasteiger charge is -2.28. The van der Waals surface area contributed by atoms with E-state index < -0.39 is 23.6 Å².